The number of likely N-dealkylation sites (N-methyl/N-ethyl adjacent to an activating group) is 1. The topological polar surface area (TPSA) is 39.1 Å². The van der Waals surface area contributed by atoms with Crippen molar-refractivity contribution in [3.05, 3.63) is 0 Å². The van der Waals surface area contributed by atoms with E-state index in [4.69, 9.17) is 0 Å². The van der Waals surface area contributed by atoms with Gasteiger partial charge in [0, 0.05) is 19.1 Å². The zero-order valence-electron chi connectivity index (χ0n) is 12.8. The number of hydrogen-bond acceptors (Lipinski definition) is 3. The van der Waals surface area contributed by atoms with Crippen LogP contribution in [0.25, 0.3) is 0 Å². The van der Waals surface area contributed by atoms with Crippen LogP contribution < -0.4 is 5.32 Å². The molecule has 1 N–H and O–H groups in total. The Hall–Kier alpha value is -0.590. The molecule has 0 radical (unpaired) electrons. The minimum absolute atomic E-state index is 0.318. The molecule has 0 aliphatic heterocycles. The minimum atomic E-state index is -0.318. The van der Waals surface area contributed by atoms with Crippen LogP contribution in [0.5, 0.6) is 0 Å². The maximum atomic E-state index is 9.71. The summed E-state index contributed by atoms with van der Waals surface area (Å²) in [6.45, 7) is 6.33. The molecule has 2 rings (SSSR count). The zero-order valence-corrected chi connectivity index (χ0v) is 12.8. The second kappa shape index (κ2) is 6.24. The molecule has 2 aliphatic carbocycles. The third-order valence-electron chi connectivity index (χ3n) is 4.58. The van der Waals surface area contributed by atoms with Crippen molar-refractivity contribution in [1.82, 2.24) is 10.2 Å². The number of nitrogens with one attached hydrogen (secondary N) is 1. The van der Waals surface area contributed by atoms with Crippen LogP contribution in [0.3, 0.4) is 0 Å². The molecule has 0 spiro atoms. The molecule has 1 atom stereocenters. The Morgan fingerprint density at radius 1 is 1.26 bits per heavy atom. The molecule has 2 aliphatic rings. The van der Waals surface area contributed by atoms with E-state index in [1.165, 1.54) is 38.5 Å². The number of hydrogen-bond donors (Lipinski definition) is 1. The molecular formula is C16H29N3. The molecule has 2 fully saturated rings. The maximum absolute atomic E-state index is 9.71. The van der Waals surface area contributed by atoms with E-state index in [-0.39, 0.29) is 5.54 Å². The molecule has 3 nitrogen and oxygen atoms in total. The molecule has 0 heterocycles. The van der Waals surface area contributed by atoms with Crippen molar-refractivity contribution in [3.63, 3.8) is 0 Å². The SMILES string of the molecule is CC(C)NC(C#N)(CN(C)CC1CCCC1)C1CC1. The van der Waals surface area contributed by atoms with E-state index in [9.17, 15) is 5.26 Å². The van der Waals surface area contributed by atoms with Crippen molar-refractivity contribution in [2.24, 2.45) is 11.8 Å². The quantitative estimate of drug-likeness (QED) is 0.767. The highest BCUT2D eigenvalue weighted by atomic mass is 15.2. The van der Waals surface area contributed by atoms with E-state index in [1.54, 1.807) is 0 Å². The number of nitriles is 1. The Morgan fingerprint density at radius 3 is 2.37 bits per heavy atom. The smallest absolute Gasteiger partial charge is 0.122 e. The van der Waals surface area contributed by atoms with Gasteiger partial charge in [-0.1, -0.05) is 12.8 Å². The van der Waals surface area contributed by atoms with E-state index in [1.807, 2.05) is 0 Å². The monoisotopic (exact) mass is 263 g/mol. The van der Waals surface area contributed by atoms with E-state index in [0.29, 0.717) is 12.0 Å². The van der Waals surface area contributed by atoms with Gasteiger partial charge >= 0.3 is 0 Å². The van der Waals surface area contributed by atoms with E-state index in [2.05, 4.69) is 37.2 Å². The summed E-state index contributed by atoms with van der Waals surface area (Å²) in [6.07, 6.45) is 7.98. The highest BCUT2D eigenvalue weighted by Gasteiger charge is 2.46. The highest BCUT2D eigenvalue weighted by Crippen LogP contribution is 2.40. The van der Waals surface area contributed by atoms with Gasteiger partial charge in [0.25, 0.3) is 0 Å². The number of rotatable bonds is 7. The maximum Gasteiger partial charge on any atom is 0.122 e. The van der Waals surface area contributed by atoms with Crippen LogP contribution in [0, 0.1) is 23.2 Å². The van der Waals surface area contributed by atoms with Crippen LogP contribution >= 0.6 is 0 Å². The van der Waals surface area contributed by atoms with E-state index >= 15 is 0 Å². The van der Waals surface area contributed by atoms with Gasteiger partial charge in [-0.25, -0.2) is 0 Å². The lowest BCUT2D eigenvalue weighted by Crippen LogP contribution is -2.56. The Bertz CT molecular complexity index is 323. The molecule has 3 heteroatoms. The van der Waals surface area contributed by atoms with Crippen LogP contribution in [0.4, 0.5) is 0 Å². The van der Waals surface area contributed by atoms with Crippen molar-refractivity contribution in [2.45, 2.75) is 64.0 Å². The van der Waals surface area contributed by atoms with Gasteiger partial charge in [-0.2, -0.15) is 5.26 Å². The predicted molar refractivity (Wildman–Crippen MR) is 78.8 cm³/mol. The lowest BCUT2D eigenvalue weighted by atomic mass is 9.92. The summed E-state index contributed by atoms with van der Waals surface area (Å²) in [5, 5.41) is 13.3. The van der Waals surface area contributed by atoms with Gasteiger partial charge in [0.1, 0.15) is 5.54 Å². The van der Waals surface area contributed by atoms with Crippen LogP contribution in [-0.2, 0) is 0 Å². The zero-order chi connectivity index (χ0) is 13.9. The van der Waals surface area contributed by atoms with E-state index in [0.717, 1.165) is 19.0 Å². The van der Waals surface area contributed by atoms with Crippen molar-refractivity contribution < 1.29 is 0 Å². The highest BCUT2D eigenvalue weighted by molar-refractivity contribution is 5.17. The fourth-order valence-corrected chi connectivity index (χ4v) is 3.67. The minimum Gasteiger partial charge on any atom is -0.303 e. The summed E-state index contributed by atoms with van der Waals surface area (Å²) in [7, 11) is 2.19. The Labute approximate surface area is 118 Å². The van der Waals surface area contributed by atoms with Gasteiger partial charge in [0.2, 0.25) is 0 Å². The van der Waals surface area contributed by atoms with Gasteiger partial charge in [-0.15, -0.1) is 0 Å². The molecule has 0 amide bonds. The summed E-state index contributed by atoms with van der Waals surface area (Å²) in [6, 6.07) is 2.99. The van der Waals surface area contributed by atoms with Crippen molar-refractivity contribution in [1.29, 1.82) is 5.26 Å². The van der Waals surface area contributed by atoms with Gasteiger partial charge in [0.15, 0.2) is 0 Å². The molecule has 0 aromatic rings. The van der Waals surface area contributed by atoms with Gasteiger partial charge in [-0.05, 0) is 58.4 Å². The molecular weight excluding hydrogens is 234 g/mol. The molecule has 1 unspecified atom stereocenters. The van der Waals surface area contributed by atoms with Gasteiger partial charge in [0.05, 0.1) is 6.07 Å². The van der Waals surface area contributed by atoms with Crippen LogP contribution in [0.2, 0.25) is 0 Å². The Morgan fingerprint density at radius 2 is 1.89 bits per heavy atom. The van der Waals surface area contributed by atoms with E-state index < -0.39 is 0 Å². The lowest BCUT2D eigenvalue weighted by Gasteiger charge is -2.35. The second-order valence-electron chi connectivity index (χ2n) is 7.00. The average molecular weight is 263 g/mol. The Kier molecular flexibility index (Phi) is 4.86. The largest absolute Gasteiger partial charge is 0.303 e. The number of nitrogens with zero attached hydrogens (tertiary/aromatic N) is 2. The first-order chi connectivity index (χ1) is 9.05. The van der Waals surface area contributed by atoms with Crippen LogP contribution in [0.1, 0.15) is 52.4 Å². The summed E-state index contributed by atoms with van der Waals surface area (Å²) < 4.78 is 0. The molecule has 0 aromatic heterocycles. The third kappa shape index (κ3) is 3.94. The van der Waals surface area contributed by atoms with Gasteiger partial charge < -0.3 is 4.90 Å². The van der Waals surface area contributed by atoms with Crippen molar-refractivity contribution >= 4 is 0 Å². The first kappa shape index (κ1) is 14.8. The van der Waals surface area contributed by atoms with Crippen molar-refractivity contribution in [3.8, 4) is 6.07 Å². The third-order valence-corrected chi connectivity index (χ3v) is 4.58. The molecule has 19 heavy (non-hydrogen) atoms. The van der Waals surface area contributed by atoms with Gasteiger partial charge in [-0.3, -0.25) is 5.32 Å². The summed E-state index contributed by atoms with van der Waals surface area (Å²) in [4.78, 5) is 2.40. The summed E-state index contributed by atoms with van der Waals surface area (Å²) in [5.41, 5.74) is -0.318. The molecule has 0 aromatic carbocycles. The van der Waals surface area contributed by atoms with Crippen molar-refractivity contribution in [2.75, 3.05) is 20.1 Å². The molecule has 108 valence electrons. The fraction of sp³-hybridized carbons (Fsp3) is 0.938. The summed E-state index contributed by atoms with van der Waals surface area (Å²) >= 11 is 0. The molecule has 0 bridgehead atoms. The normalized spacial score (nSPS) is 23.8. The molecule has 2 saturated carbocycles. The fourth-order valence-electron chi connectivity index (χ4n) is 3.67. The first-order valence-corrected chi connectivity index (χ1v) is 7.93. The average Bonchev–Trinajstić information content (AvgIpc) is 3.08. The first-order valence-electron chi connectivity index (χ1n) is 7.93. The lowest BCUT2D eigenvalue weighted by molar-refractivity contribution is 0.196. The second-order valence-corrected chi connectivity index (χ2v) is 7.00. The van der Waals surface area contributed by atoms with Crippen LogP contribution in [-0.4, -0.2) is 36.6 Å². The molecule has 0 saturated heterocycles. The standard InChI is InChI=1S/C16H29N3/c1-13(2)18-16(11-17,15-8-9-15)12-19(3)10-14-6-4-5-7-14/h13-15,18H,4-10,12H2,1-3H3. The predicted octanol–water partition coefficient (Wildman–Crippen LogP) is 2.78. The van der Waals surface area contributed by atoms with Crippen LogP contribution in [0.15, 0.2) is 0 Å². The Balaban J connectivity index is 1.92. The summed E-state index contributed by atoms with van der Waals surface area (Å²) in [5.74, 6) is 1.42.